The van der Waals surface area contributed by atoms with Gasteiger partial charge in [-0.2, -0.15) is 0 Å². The lowest BCUT2D eigenvalue weighted by Crippen LogP contribution is -2.41. The fourth-order valence-corrected chi connectivity index (χ4v) is 3.46. The summed E-state index contributed by atoms with van der Waals surface area (Å²) in [6.07, 6.45) is 0.116. The Bertz CT molecular complexity index is 410. The van der Waals surface area contributed by atoms with Crippen molar-refractivity contribution < 1.29 is 9.90 Å². The van der Waals surface area contributed by atoms with E-state index in [0.29, 0.717) is 19.5 Å². The minimum atomic E-state index is -0.395. The second kappa shape index (κ2) is 5.48. The predicted octanol–water partition coefficient (Wildman–Crippen LogP) is 1.19. The zero-order chi connectivity index (χ0) is 12.4. The highest BCUT2D eigenvalue weighted by Gasteiger charge is 2.30. The molecule has 1 aliphatic rings. The van der Waals surface area contributed by atoms with Gasteiger partial charge in [0, 0.05) is 18.5 Å². The Morgan fingerprint density at radius 1 is 1.71 bits per heavy atom. The van der Waals surface area contributed by atoms with Gasteiger partial charge in [-0.25, -0.2) is 0 Å². The molecule has 17 heavy (non-hydrogen) atoms. The van der Waals surface area contributed by atoms with Crippen LogP contribution in [0.25, 0.3) is 0 Å². The van der Waals surface area contributed by atoms with Crippen LogP contribution in [0, 0.1) is 0 Å². The van der Waals surface area contributed by atoms with Gasteiger partial charge < -0.3 is 15.3 Å². The summed E-state index contributed by atoms with van der Waals surface area (Å²) in [6, 6.07) is 3.75. The monoisotopic (exact) mass is 318 g/mol. The lowest BCUT2D eigenvalue weighted by Gasteiger charge is -2.20. The van der Waals surface area contributed by atoms with Crippen LogP contribution < -0.4 is 5.32 Å². The Morgan fingerprint density at radius 2 is 2.47 bits per heavy atom. The second-order valence-corrected chi connectivity index (χ2v) is 6.80. The van der Waals surface area contributed by atoms with Crippen LogP contribution in [0.15, 0.2) is 15.9 Å². The van der Waals surface area contributed by atoms with E-state index in [1.165, 1.54) is 0 Å². The summed E-state index contributed by atoms with van der Waals surface area (Å²) >= 11 is 5.03. The van der Waals surface area contributed by atoms with Crippen LogP contribution in [0.5, 0.6) is 0 Å². The number of hydrogen-bond acceptors (Lipinski definition) is 4. The molecule has 2 atom stereocenters. The number of halogens is 1. The third-order valence-corrected chi connectivity index (χ3v) is 4.41. The Kier molecular flexibility index (Phi) is 4.19. The third-order valence-electron chi connectivity index (χ3n) is 2.80. The van der Waals surface area contributed by atoms with Crippen molar-refractivity contribution >= 4 is 33.2 Å². The van der Waals surface area contributed by atoms with Gasteiger partial charge in [-0.3, -0.25) is 4.79 Å². The molecule has 2 heterocycles. The number of likely N-dealkylation sites (N-methyl/N-ethyl adjacent to an activating group) is 1. The van der Waals surface area contributed by atoms with Crippen molar-refractivity contribution in [1.82, 2.24) is 10.2 Å². The molecule has 1 amide bonds. The molecule has 4 nitrogen and oxygen atoms in total. The largest absolute Gasteiger partial charge is 0.392 e. The highest BCUT2D eigenvalue weighted by Crippen LogP contribution is 2.23. The molecule has 0 saturated carbocycles. The SMILES string of the molecule is CN(Cc1ccc(Br)s1)C(=O)[C@@H]1C[C@H](O)CN1. The number of thiophene rings is 1. The van der Waals surface area contributed by atoms with Gasteiger partial charge >= 0.3 is 0 Å². The summed E-state index contributed by atoms with van der Waals surface area (Å²) in [4.78, 5) is 14.9. The molecule has 0 aromatic carbocycles. The molecule has 2 rings (SSSR count). The van der Waals surface area contributed by atoms with Gasteiger partial charge in [0.15, 0.2) is 0 Å². The van der Waals surface area contributed by atoms with Crippen LogP contribution in [0.2, 0.25) is 0 Å². The molecule has 6 heteroatoms. The van der Waals surface area contributed by atoms with Crippen LogP contribution in [-0.2, 0) is 11.3 Å². The molecule has 1 fully saturated rings. The first kappa shape index (κ1) is 13.0. The maximum absolute atomic E-state index is 12.0. The Morgan fingerprint density at radius 3 is 3.00 bits per heavy atom. The number of carbonyl (C=O) groups is 1. The maximum Gasteiger partial charge on any atom is 0.239 e. The molecule has 2 N–H and O–H groups in total. The van der Waals surface area contributed by atoms with Crippen LogP contribution >= 0.6 is 27.3 Å². The number of nitrogens with one attached hydrogen (secondary N) is 1. The molecule has 1 aromatic heterocycles. The number of rotatable bonds is 3. The number of aliphatic hydroxyl groups excluding tert-OH is 1. The molecule has 1 aromatic rings. The van der Waals surface area contributed by atoms with E-state index in [0.717, 1.165) is 8.66 Å². The topological polar surface area (TPSA) is 52.6 Å². The summed E-state index contributed by atoms with van der Waals surface area (Å²) in [5, 5.41) is 12.4. The highest BCUT2D eigenvalue weighted by molar-refractivity contribution is 9.11. The quantitative estimate of drug-likeness (QED) is 0.880. The summed E-state index contributed by atoms with van der Waals surface area (Å²) in [6.45, 7) is 1.12. The average molecular weight is 319 g/mol. The minimum Gasteiger partial charge on any atom is -0.392 e. The normalized spacial score (nSPS) is 23.9. The van der Waals surface area contributed by atoms with E-state index in [1.807, 2.05) is 12.1 Å². The van der Waals surface area contributed by atoms with E-state index in [-0.39, 0.29) is 11.9 Å². The molecular formula is C11H15BrN2O2S. The first-order chi connectivity index (χ1) is 8.06. The van der Waals surface area contributed by atoms with Crippen molar-refractivity contribution in [3.63, 3.8) is 0 Å². The molecule has 1 aliphatic heterocycles. The standard InChI is InChI=1S/C11H15BrN2O2S/c1-14(6-8-2-3-10(12)17-8)11(16)9-4-7(15)5-13-9/h2-3,7,9,13,15H,4-6H2,1H3/t7-,9-/m0/s1. The Hall–Kier alpha value is -0.430. The second-order valence-electron chi connectivity index (χ2n) is 4.25. The molecule has 0 unspecified atom stereocenters. The minimum absolute atomic E-state index is 0.0473. The zero-order valence-electron chi connectivity index (χ0n) is 9.52. The first-order valence-electron chi connectivity index (χ1n) is 5.47. The summed E-state index contributed by atoms with van der Waals surface area (Å²) in [5.74, 6) is 0.0473. The average Bonchev–Trinajstić information content (AvgIpc) is 2.87. The van der Waals surface area contributed by atoms with Crippen molar-refractivity contribution in [1.29, 1.82) is 0 Å². The zero-order valence-corrected chi connectivity index (χ0v) is 11.9. The van der Waals surface area contributed by atoms with E-state index in [2.05, 4.69) is 21.2 Å². The summed E-state index contributed by atoms with van der Waals surface area (Å²) < 4.78 is 1.07. The predicted molar refractivity (Wildman–Crippen MR) is 70.9 cm³/mol. The molecule has 0 spiro atoms. The molecule has 1 saturated heterocycles. The van der Waals surface area contributed by atoms with Crippen molar-refractivity contribution in [3.05, 3.63) is 20.8 Å². The summed E-state index contributed by atoms with van der Waals surface area (Å²) in [7, 11) is 1.79. The lowest BCUT2D eigenvalue weighted by atomic mass is 10.2. The van der Waals surface area contributed by atoms with Crippen LogP contribution in [-0.4, -0.2) is 41.7 Å². The number of β-amino-alcohol motifs (C(OH)–C–C–N with tert-alkyl or cyclic N) is 1. The van der Waals surface area contributed by atoms with Crippen molar-refractivity contribution in [2.45, 2.75) is 25.1 Å². The molecule has 94 valence electrons. The molecule has 0 radical (unpaired) electrons. The smallest absolute Gasteiger partial charge is 0.239 e. The fraction of sp³-hybridized carbons (Fsp3) is 0.545. The molecular weight excluding hydrogens is 304 g/mol. The number of hydrogen-bond donors (Lipinski definition) is 2. The van der Waals surface area contributed by atoms with Gasteiger partial charge in [0.2, 0.25) is 5.91 Å². The van der Waals surface area contributed by atoms with Gasteiger partial charge in [0.1, 0.15) is 0 Å². The van der Waals surface area contributed by atoms with Crippen molar-refractivity contribution in [3.8, 4) is 0 Å². The third kappa shape index (κ3) is 3.28. The van der Waals surface area contributed by atoms with E-state index in [9.17, 15) is 9.90 Å². The van der Waals surface area contributed by atoms with Gasteiger partial charge in [-0.1, -0.05) is 0 Å². The van der Waals surface area contributed by atoms with E-state index in [4.69, 9.17) is 0 Å². The van der Waals surface area contributed by atoms with Gasteiger partial charge in [0.25, 0.3) is 0 Å². The van der Waals surface area contributed by atoms with E-state index < -0.39 is 6.10 Å². The Labute approximate surface area is 113 Å². The Balaban J connectivity index is 1.91. The van der Waals surface area contributed by atoms with Crippen molar-refractivity contribution in [2.24, 2.45) is 0 Å². The van der Waals surface area contributed by atoms with E-state index >= 15 is 0 Å². The summed E-state index contributed by atoms with van der Waals surface area (Å²) in [5.41, 5.74) is 0. The number of amides is 1. The number of aliphatic hydroxyl groups is 1. The van der Waals surface area contributed by atoms with Gasteiger partial charge in [-0.15, -0.1) is 11.3 Å². The van der Waals surface area contributed by atoms with Gasteiger partial charge in [0.05, 0.1) is 22.5 Å². The first-order valence-corrected chi connectivity index (χ1v) is 7.08. The van der Waals surface area contributed by atoms with Gasteiger partial charge in [-0.05, 0) is 34.5 Å². The van der Waals surface area contributed by atoms with Crippen LogP contribution in [0.3, 0.4) is 0 Å². The molecule has 0 bridgehead atoms. The number of carbonyl (C=O) groups excluding carboxylic acids is 1. The van der Waals surface area contributed by atoms with Crippen LogP contribution in [0.4, 0.5) is 0 Å². The van der Waals surface area contributed by atoms with E-state index in [1.54, 1.807) is 23.3 Å². The lowest BCUT2D eigenvalue weighted by molar-refractivity contribution is -0.132. The maximum atomic E-state index is 12.0. The molecule has 0 aliphatic carbocycles. The fourth-order valence-electron chi connectivity index (χ4n) is 1.92. The number of nitrogens with zero attached hydrogens (tertiary/aromatic N) is 1. The van der Waals surface area contributed by atoms with Crippen LogP contribution in [0.1, 0.15) is 11.3 Å². The highest BCUT2D eigenvalue weighted by atomic mass is 79.9. The van der Waals surface area contributed by atoms with Crippen molar-refractivity contribution in [2.75, 3.05) is 13.6 Å².